The van der Waals surface area contributed by atoms with E-state index in [0.29, 0.717) is 17.1 Å². The predicted octanol–water partition coefficient (Wildman–Crippen LogP) is 3.56. The molecule has 21 heavy (non-hydrogen) atoms. The van der Waals surface area contributed by atoms with Gasteiger partial charge < -0.3 is 11.1 Å². The van der Waals surface area contributed by atoms with Gasteiger partial charge in [0.15, 0.2) is 0 Å². The molecule has 2 rings (SSSR count). The molecule has 2 aromatic rings. The zero-order valence-electron chi connectivity index (χ0n) is 10.9. The molecule has 1 amide bonds. The van der Waals surface area contributed by atoms with E-state index < -0.39 is 11.7 Å². The summed E-state index contributed by atoms with van der Waals surface area (Å²) < 4.78 is 13.3. The fourth-order valence-corrected chi connectivity index (χ4v) is 2.16. The number of benzene rings is 2. The monoisotopic (exact) mass is 322 g/mol. The molecule has 108 valence electrons. The first-order valence-electron chi connectivity index (χ1n) is 6.10. The standard InChI is InChI=1S/C15H12ClFN2OS/c16-14-11(2-1-3-12(14)17)15(20)19-10-6-4-9(5-7-10)8-13(18)21/h1-7H,8H2,(H2,18,21)(H,19,20). The Labute approximate surface area is 131 Å². The Balaban J connectivity index is 2.12. The zero-order valence-corrected chi connectivity index (χ0v) is 12.5. The van der Waals surface area contributed by atoms with E-state index in [-0.39, 0.29) is 10.6 Å². The van der Waals surface area contributed by atoms with Gasteiger partial charge in [0.25, 0.3) is 5.91 Å². The Bertz CT molecular complexity index is 689. The number of nitrogens with two attached hydrogens (primary N) is 1. The molecule has 0 heterocycles. The summed E-state index contributed by atoms with van der Waals surface area (Å²) in [6, 6.07) is 11.1. The van der Waals surface area contributed by atoms with Crippen LogP contribution >= 0.6 is 23.8 Å². The van der Waals surface area contributed by atoms with E-state index in [4.69, 9.17) is 29.6 Å². The molecule has 6 heteroatoms. The van der Waals surface area contributed by atoms with Crippen molar-refractivity contribution in [3.8, 4) is 0 Å². The fourth-order valence-electron chi connectivity index (χ4n) is 1.78. The summed E-state index contributed by atoms with van der Waals surface area (Å²) >= 11 is 10.6. The Kier molecular flexibility index (Phi) is 4.88. The van der Waals surface area contributed by atoms with E-state index in [1.165, 1.54) is 18.2 Å². The van der Waals surface area contributed by atoms with Crippen molar-refractivity contribution in [2.75, 3.05) is 5.32 Å². The predicted molar refractivity (Wildman–Crippen MR) is 86.3 cm³/mol. The fraction of sp³-hybridized carbons (Fsp3) is 0.0667. The topological polar surface area (TPSA) is 55.1 Å². The highest BCUT2D eigenvalue weighted by molar-refractivity contribution is 7.80. The lowest BCUT2D eigenvalue weighted by molar-refractivity contribution is 0.102. The quantitative estimate of drug-likeness (QED) is 0.846. The van der Waals surface area contributed by atoms with Gasteiger partial charge in [-0.2, -0.15) is 0 Å². The van der Waals surface area contributed by atoms with E-state index in [2.05, 4.69) is 5.32 Å². The molecule has 0 radical (unpaired) electrons. The summed E-state index contributed by atoms with van der Waals surface area (Å²) in [5, 5.41) is 2.46. The average molecular weight is 323 g/mol. The molecule has 0 aliphatic heterocycles. The first-order chi connectivity index (χ1) is 9.97. The van der Waals surface area contributed by atoms with Crippen LogP contribution in [0.2, 0.25) is 5.02 Å². The van der Waals surface area contributed by atoms with Crippen molar-refractivity contribution in [1.82, 2.24) is 0 Å². The third kappa shape index (κ3) is 4.00. The summed E-state index contributed by atoms with van der Waals surface area (Å²) in [7, 11) is 0. The number of rotatable bonds is 4. The van der Waals surface area contributed by atoms with E-state index in [1.807, 2.05) is 12.1 Å². The number of carbonyl (C=O) groups is 1. The molecule has 3 N–H and O–H groups in total. The first-order valence-corrected chi connectivity index (χ1v) is 6.88. The summed E-state index contributed by atoms with van der Waals surface area (Å²) in [4.78, 5) is 12.4. The molecule has 3 nitrogen and oxygen atoms in total. The van der Waals surface area contributed by atoms with Crippen LogP contribution in [0.25, 0.3) is 0 Å². The van der Waals surface area contributed by atoms with Gasteiger partial charge in [0.05, 0.1) is 15.6 Å². The number of thiocarbonyl (C=S) groups is 1. The molecule has 0 fully saturated rings. The highest BCUT2D eigenvalue weighted by atomic mass is 35.5. The van der Waals surface area contributed by atoms with Crippen LogP contribution in [0.4, 0.5) is 10.1 Å². The number of carbonyl (C=O) groups excluding carboxylic acids is 1. The Morgan fingerprint density at radius 2 is 1.90 bits per heavy atom. The van der Waals surface area contributed by atoms with Crippen LogP contribution in [0.15, 0.2) is 42.5 Å². The Hall–Kier alpha value is -1.98. The van der Waals surface area contributed by atoms with Crippen LogP contribution in [0.1, 0.15) is 15.9 Å². The molecule has 0 bridgehead atoms. The number of amides is 1. The van der Waals surface area contributed by atoms with Crippen molar-refractivity contribution in [2.24, 2.45) is 5.73 Å². The van der Waals surface area contributed by atoms with Crippen molar-refractivity contribution in [1.29, 1.82) is 0 Å². The maximum atomic E-state index is 13.3. The largest absolute Gasteiger partial charge is 0.393 e. The highest BCUT2D eigenvalue weighted by Gasteiger charge is 2.13. The van der Waals surface area contributed by atoms with Crippen LogP contribution in [0, 0.1) is 5.82 Å². The third-order valence-electron chi connectivity index (χ3n) is 2.79. The van der Waals surface area contributed by atoms with Gasteiger partial charge in [-0.25, -0.2) is 4.39 Å². The van der Waals surface area contributed by atoms with Crippen molar-refractivity contribution < 1.29 is 9.18 Å². The molecule has 0 aliphatic rings. The van der Waals surface area contributed by atoms with Crippen LogP contribution < -0.4 is 11.1 Å². The van der Waals surface area contributed by atoms with Gasteiger partial charge in [0, 0.05) is 12.1 Å². The van der Waals surface area contributed by atoms with Gasteiger partial charge in [-0.05, 0) is 29.8 Å². The summed E-state index contributed by atoms with van der Waals surface area (Å²) in [6.07, 6.45) is 0.499. The molecule has 2 aromatic carbocycles. The maximum Gasteiger partial charge on any atom is 0.257 e. The summed E-state index contributed by atoms with van der Waals surface area (Å²) in [5.41, 5.74) is 7.07. The van der Waals surface area contributed by atoms with Gasteiger partial charge >= 0.3 is 0 Å². The minimum Gasteiger partial charge on any atom is -0.393 e. The Morgan fingerprint density at radius 1 is 1.24 bits per heavy atom. The second-order valence-electron chi connectivity index (χ2n) is 4.40. The molecule has 0 saturated carbocycles. The van der Waals surface area contributed by atoms with Crippen molar-refractivity contribution in [3.05, 3.63) is 64.4 Å². The molecular weight excluding hydrogens is 311 g/mol. The maximum absolute atomic E-state index is 13.3. The van der Waals surface area contributed by atoms with Crippen LogP contribution in [-0.4, -0.2) is 10.9 Å². The zero-order chi connectivity index (χ0) is 15.4. The minimum atomic E-state index is -0.629. The normalized spacial score (nSPS) is 10.2. The molecule has 0 aromatic heterocycles. The van der Waals surface area contributed by atoms with Gasteiger partial charge in [-0.15, -0.1) is 0 Å². The third-order valence-corrected chi connectivity index (χ3v) is 3.31. The average Bonchev–Trinajstić information content (AvgIpc) is 2.43. The van der Waals surface area contributed by atoms with Crippen molar-refractivity contribution in [2.45, 2.75) is 6.42 Å². The molecule has 0 unspecified atom stereocenters. The highest BCUT2D eigenvalue weighted by Crippen LogP contribution is 2.21. The van der Waals surface area contributed by atoms with Gasteiger partial charge in [-0.3, -0.25) is 4.79 Å². The van der Waals surface area contributed by atoms with Crippen molar-refractivity contribution >= 4 is 40.4 Å². The van der Waals surface area contributed by atoms with Gasteiger partial charge in [0.2, 0.25) is 0 Å². The molecular formula is C15H12ClFN2OS. The lowest BCUT2D eigenvalue weighted by Gasteiger charge is -2.08. The van der Waals surface area contributed by atoms with Crippen LogP contribution in [-0.2, 0) is 6.42 Å². The molecule has 0 atom stereocenters. The van der Waals surface area contributed by atoms with E-state index >= 15 is 0 Å². The van der Waals surface area contributed by atoms with E-state index in [0.717, 1.165) is 5.56 Å². The number of halogens is 2. The minimum absolute atomic E-state index is 0.0869. The van der Waals surface area contributed by atoms with E-state index in [1.54, 1.807) is 12.1 Å². The lowest BCUT2D eigenvalue weighted by Crippen LogP contribution is -2.13. The molecule has 0 spiro atoms. The lowest BCUT2D eigenvalue weighted by atomic mass is 10.1. The first kappa shape index (κ1) is 15.4. The molecule has 0 aliphatic carbocycles. The smallest absolute Gasteiger partial charge is 0.257 e. The number of hydrogen-bond acceptors (Lipinski definition) is 2. The second kappa shape index (κ2) is 6.65. The second-order valence-corrected chi connectivity index (χ2v) is 5.30. The summed E-state index contributed by atoms with van der Waals surface area (Å²) in [5.74, 6) is -1.10. The number of nitrogens with one attached hydrogen (secondary N) is 1. The van der Waals surface area contributed by atoms with Crippen molar-refractivity contribution in [3.63, 3.8) is 0 Å². The summed E-state index contributed by atoms with van der Waals surface area (Å²) in [6.45, 7) is 0. The number of hydrogen-bond donors (Lipinski definition) is 2. The number of anilines is 1. The molecule has 0 saturated heterocycles. The van der Waals surface area contributed by atoms with Gasteiger partial charge in [-0.1, -0.05) is 42.0 Å². The van der Waals surface area contributed by atoms with Crippen LogP contribution in [0.5, 0.6) is 0 Å². The Morgan fingerprint density at radius 3 is 2.52 bits per heavy atom. The van der Waals surface area contributed by atoms with Crippen LogP contribution in [0.3, 0.4) is 0 Å². The van der Waals surface area contributed by atoms with Gasteiger partial charge in [0.1, 0.15) is 5.82 Å². The SMILES string of the molecule is NC(=S)Cc1ccc(NC(=O)c2cccc(F)c2Cl)cc1. The van der Waals surface area contributed by atoms with E-state index in [9.17, 15) is 9.18 Å².